The third-order valence-corrected chi connectivity index (χ3v) is 36.0. The SMILES string of the molecule is C.C=C1C[C@@H]2CCC(=O)/C=C/[C@H](O[Si](C)(C)C(C)(C)C)[C@@H]3O[C@H]4CC[C@H](CC(=O)C[C@@H]5[C@@H](C)[C@@H](C[C@H]6COC(C)(C)O6)O[C@H]5C[C@H]5O[C@@H](CC[C@@H]1O2)C[C@@H](C)C5=C)O[C@@H]4[C@H](C)[C@@H]3C.C=C1C[C@@H]2CC[C@@]34C[C@H]5OC6C(O3)[C@H]3O[C@H](CC[C@@H]3O[C@H]6[C@H]5O4)CC(=O)C[C@@H]3[C@@H](C)[C@@H](C[C@H]4COC(C)(C)O4)O[C@H]3C[C@H]3O[C@@H](CC[C@@H]1O2)C[C@@H](C)C3=C.CI. The van der Waals surface area contributed by atoms with Crippen LogP contribution in [0.2, 0.25) is 18.1 Å². The highest BCUT2D eigenvalue weighted by atomic mass is 127. The average molecular weight is 1800 g/mol. The molecule has 2 unspecified atom stereocenters. The van der Waals surface area contributed by atoms with Crippen LogP contribution in [0.25, 0.3) is 0 Å². The Hall–Kier alpha value is -2.06. The third-order valence-electron chi connectivity index (χ3n) is 31.5. The summed E-state index contributed by atoms with van der Waals surface area (Å²) in [6.45, 7) is 51.7. The molecule has 0 aromatic carbocycles. The number of hydrogen-bond acceptors (Lipinski definition) is 21. The minimum atomic E-state index is -2.25. The van der Waals surface area contributed by atoms with Crippen LogP contribution in [0.4, 0.5) is 0 Å². The molecular formula is C96H151IO21Si. The zero-order valence-corrected chi connectivity index (χ0v) is 77.4. The highest BCUT2D eigenvalue weighted by Crippen LogP contribution is 2.56. The number of rotatable bonds is 6. The molecule has 0 aromatic heterocycles. The van der Waals surface area contributed by atoms with E-state index in [0.717, 1.165) is 119 Å². The first-order chi connectivity index (χ1) is 56.0. The van der Waals surface area contributed by atoms with Gasteiger partial charge in [0.05, 0.1) is 148 Å². The van der Waals surface area contributed by atoms with E-state index in [1.54, 1.807) is 6.08 Å². The van der Waals surface area contributed by atoms with Crippen molar-refractivity contribution in [3.63, 3.8) is 0 Å². The number of ether oxygens (including phenoxy) is 17. The van der Waals surface area contributed by atoms with Gasteiger partial charge in [0.15, 0.2) is 31.5 Å². The van der Waals surface area contributed by atoms with E-state index in [4.69, 9.17) is 85.0 Å². The summed E-state index contributed by atoms with van der Waals surface area (Å²) >= 11 is 2.15. The summed E-state index contributed by atoms with van der Waals surface area (Å²) in [5, 5.41) is -0.0161. The Morgan fingerprint density at radius 3 is 1.41 bits per heavy atom. The van der Waals surface area contributed by atoms with Crippen LogP contribution in [0.5, 0.6) is 0 Å². The summed E-state index contributed by atoms with van der Waals surface area (Å²) < 4.78 is 120. The van der Waals surface area contributed by atoms with Gasteiger partial charge in [-0.15, -0.1) is 0 Å². The molecule has 0 aromatic rings. The van der Waals surface area contributed by atoms with E-state index in [1.807, 2.05) is 38.7 Å². The van der Waals surface area contributed by atoms with Gasteiger partial charge in [0.2, 0.25) is 0 Å². The van der Waals surface area contributed by atoms with Crippen LogP contribution in [-0.4, -0.2) is 226 Å². The molecule has 21 nitrogen and oxygen atoms in total. The van der Waals surface area contributed by atoms with Gasteiger partial charge in [0.1, 0.15) is 42.1 Å². The molecule has 0 amide bonds. The van der Waals surface area contributed by atoms with Crippen molar-refractivity contribution in [2.75, 3.05) is 18.1 Å². The largest absolute Gasteiger partial charge is 0.408 e. The Morgan fingerprint density at radius 1 is 0.454 bits per heavy atom. The molecule has 1 spiro atoms. The van der Waals surface area contributed by atoms with Crippen molar-refractivity contribution in [3.05, 3.63) is 60.8 Å². The fourth-order valence-corrected chi connectivity index (χ4v) is 24.6. The van der Waals surface area contributed by atoms with Gasteiger partial charge < -0.3 is 85.0 Å². The second-order valence-corrected chi connectivity index (χ2v) is 46.5. The Bertz CT molecular complexity index is 3590. The Morgan fingerprint density at radius 2 is 0.899 bits per heavy atom. The van der Waals surface area contributed by atoms with Crippen molar-refractivity contribution in [3.8, 4) is 0 Å². The van der Waals surface area contributed by atoms with Crippen molar-refractivity contribution in [1.29, 1.82) is 0 Å². The van der Waals surface area contributed by atoms with E-state index in [-0.39, 0.29) is 230 Å². The van der Waals surface area contributed by atoms with Gasteiger partial charge in [0, 0.05) is 70.6 Å². The molecule has 0 N–H and O–H groups in total. The summed E-state index contributed by atoms with van der Waals surface area (Å²) in [5.41, 5.74) is 4.50. The lowest BCUT2D eigenvalue weighted by Crippen LogP contribution is -2.61. The quantitative estimate of drug-likeness (QED) is 0.104. The zero-order valence-electron chi connectivity index (χ0n) is 74.2. The van der Waals surface area contributed by atoms with E-state index < -0.39 is 25.7 Å². The van der Waals surface area contributed by atoms with Crippen molar-refractivity contribution in [2.24, 2.45) is 47.3 Å². The van der Waals surface area contributed by atoms with Crippen molar-refractivity contribution in [1.82, 2.24) is 0 Å². The summed E-state index contributed by atoms with van der Waals surface area (Å²) in [5.74, 6) is -0.159. The fraction of sp³-hybridized carbons (Fsp3) is 0.865. The van der Waals surface area contributed by atoms with Crippen LogP contribution in [0, 0.1) is 47.3 Å². The lowest BCUT2D eigenvalue weighted by molar-refractivity contribution is -0.292. The fourth-order valence-electron chi connectivity index (χ4n) is 23.4. The molecule has 20 bridgehead atoms. The zero-order chi connectivity index (χ0) is 84.0. The lowest BCUT2D eigenvalue weighted by atomic mass is 9.76. The molecule has 0 radical (unpaired) electrons. The first kappa shape index (κ1) is 93.1. The second-order valence-electron chi connectivity index (χ2n) is 41.8. The maximum absolute atomic E-state index is 14.3. The van der Waals surface area contributed by atoms with E-state index >= 15 is 0 Å². The van der Waals surface area contributed by atoms with Gasteiger partial charge in [-0.2, -0.15) is 0 Å². The number of fused-ring (bicyclic) bond motifs is 8. The number of carbonyl (C=O) groups excluding carboxylic acids is 3. The van der Waals surface area contributed by atoms with Crippen LogP contribution < -0.4 is 0 Å². The minimum Gasteiger partial charge on any atom is -0.408 e. The lowest BCUT2D eigenvalue weighted by Gasteiger charge is -2.51. The van der Waals surface area contributed by atoms with Crippen molar-refractivity contribution >= 4 is 48.3 Å². The molecule has 36 atom stereocenters. The number of carbonyl (C=O) groups is 3. The standard InChI is InChI=1S/C51H82O10Si.C43H62O11.CH3I.CH4/c1-29-22-38-17-20-42-30(2)23-37(55-42)16-14-35(52)15-19-44(61-62(12,13)50(7,8)9)49-33(5)32(4)48-43(59-49)21-18-39(57-48)24-36(53)25-41-34(6)45(26-40-28-54-51(10,11)60-40)58-47(41)27-46(56-38)31(29)3;1-21-13-26-7-9-31-22(2)14-28(46-31)11-12-43-19-36-38(53-43)39-40(51-36)41(54-43)37-32(50-39)10-8-27(48-37)15-25(44)16-30-24(4)33(17-29-20-45-42(5,6)52-29)49-35(30)18-34(47-26)23(21)3;1-2;/h15,19,29,32-34,37-49H,2-3,14,16-18,20-28H2,1,4-13H3;21,24,26-41H,2-3,7-20H2,1,4-6H3;1H3;1H4/b19-15+;;;/t29-,32-,33+,34-,37+,38+,39-,40+,41-,42+,43+,44+,45-,46-,47+,48-,49-;21-,24-,26+,27-,28+,29+,30-,31+,32+,33-,34-,35+,36-,37+,38+,39+,40?,41?,43+;;/m11../s1. The minimum absolute atomic E-state index is 0. The molecule has 17 saturated heterocycles. The van der Waals surface area contributed by atoms with Crippen LogP contribution in [-0.2, 0) is 99.3 Å². The van der Waals surface area contributed by atoms with Crippen LogP contribution in [0.1, 0.15) is 258 Å². The Kier molecular flexibility index (Phi) is 29.7. The number of Topliss-reactive ketones (excluding diaryl/α,β-unsaturated/α-hetero) is 2. The van der Waals surface area contributed by atoms with Crippen molar-refractivity contribution in [2.45, 2.75) is 458 Å². The van der Waals surface area contributed by atoms with E-state index in [0.29, 0.717) is 82.8 Å². The van der Waals surface area contributed by atoms with E-state index in [1.165, 1.54) is 5.57 Å². The van der Waals surface area contributed by atoms with E-state index in [2.05, 4.69) is 124 Å². The van der Waals surface area contributed by atoms with Gasteiger partial charge in [-0.05, 0) is 216 Å². The molecule has 23 heteroatoms. The van der Waals surface area contributed by atoms with Crippen LogP contribution in [0.3, 0.4) is 0 Å². The third kappa shape index (κ3) is 20.8. The summed E-state index contributed by atoms with van der Waals surface area (Å²) in [6.07, 6.45) is 18.4. The molecule has 20 rings (SSSR count). The van der Waals surface area contributed by atoms with Crippen LogP contribution >= 0.6 is 22.6 Å². The summed E-state index contributed by atoms with van der Waals surface area (Å²) in [4.78, 5) is 44.0. The first-order valence-corrected chi connectivity index (χ1v) is 51.2. The molecule has 20 heterocycles. The smallest absolute Gasteiger partial charge is 0.193 e. The van der Waals surface area contributed by atoms with E-state index in [9.17, 15) is 14.4 Å². The number of hydrogen-bond donors (Lipinski definition) is 0. The molecule has 17 fully saturated rings. The topological polar surface area (TPSA) is 217 Å². The molecular weight excluding hydrogens is 1640 g/mol. The Balaban J connectivity index is 0.000000191. The highest BCUT2D eigenvalue weighted by Gasteiger charge is 2.69. The van der Waals surface area contributed by atoms with Gasteiger partial charge >= 0.3 is 0 Å². The predicted molar refractivity (Wildman–Crippen MR) is 464 cm³/mol. The summed E-state index contributed by atoms with van der Waals surface area (Å²) in [6, 6.07) is 0. The van der Waals surface area contributed by atoms with Gasteiger partial charge in [-0.1, -0.05) is 125 Å². The number of ketones is 3. The molecule has 119 heavy (non-hydrogen) atoms. The maximum Gasteiger partial charge on any atom is 0.193 e. The van der Waals surface area contributed by atoms with Crippen LogP contribution in [0.15, 0.2) is 60.8 Å². The van der Waals surface area contributed by atoms with Crippen molar-refractivity contribution < 1.29 is 99.3 Å². The molecule has 20 aliphatic heterocycles. The monoisotopic (exact) mass is 1790 g/mol. The molecule has 0 saturated carbocycles. The molecule has 20 aliphatic rings. The second kappa shape index (κ2) is 37.9. The first-order valence-electron chi connectivity index (χ1n) is 46.2. The van der Waals surface area contributed by atoms with Gasteiger partial charge in [-0.25, -0.2) is 0 Å². The number of alkyl halides is 1. The average Bonchev–Trinajstić information content (AvgIpc) is 1.55. The Labute approximate surface area is 727 Å². The highest BCUT2D eigenvalue weighted by molar-refractivity contribution is 14.1. The molecule has 0 aliphatic carbocycles. The summed E-state index contributed by atoms with van der Waals surface area (Å²) in [7, 11) is -2.25. The molecule has 672 valence electrons. The maximum atomic E-state index is 14.3. The van der Waals surface area contributed by atoms with Gasteiger partial charge in [-0.3, -0.25) is 14.4 Å². The normalized spacial score (nSPS) is 47.8. The number of halogens is 1. The number of allylic oxidation sites excluding steroid dienone is 1. The predicted octanol–water partition coefficient (Wildman–Crippen LogP) is 17.6. The van der Waals surface area contributed by atoms with Gasteiger partial charge in [0.25, 0.3) is 0 Å².